The number of anilines is 1. The highest BCUT2D eigenvalue weighted by molar-refractivity contribution is 9.10. The first-order valence-electron chi connectivity index (χ1n) is 10.3. The second-order valence-electron chi connectivity index (χ2n) is 8.69. The first-order valence-corrected chi connectivity index (χ1v) is 11.1. The van der Waals surface area contributed by atoms with Crippen LogP contribution in [0.15, 0.2) is 65.2 Å². The minimum absolute atomic E-state index is 0.170. The monoisotopic (exact) mass is 448 g/mol. The Hall–Kier alpha value is -2.40. The van der Waals surface area contributed by atoms with Crippen LogP contribution in [0, 0.1) is 22.0 Å². The van der Waals surface area contributed by atoms with E-state index in [0.29, 0.717) is 23.7 Å². The first kappa shape index (κ1) is 17.5. The predicted octanol–water partition coefficient (Wildman–Crippen LogP) is 6.25. The third-order valence-corrected chi connectivity index (χ3v) is 7.70. The molecule has 0 spiro atoms. The highest BCUT2D eigenvalue weighted by Crippen LogP contribution is 2.59. The van der Waals surface area contributed by atoms with Crippen molar-refractivity contribution < 1.29 is 4.92 Å². The van der Waals surface area contributed by atoms with E-state index in [4.69, 9.17) is 0 Å². The van der Waals surface area contributed by atoms with Crippen LogP contribution in [0.2, 0.25) is 0 Å². The van der Waals surface area contributed by atoms with E-state index in [0.717, 1.165) is 29.4 Å². The molecule has 0 aromatic heterocycles. The molecule has 5 unspecified atom stereocenters. The number of nitro benzene ring substituents is 1. The SMILES string of the molecule is O=[N+]([O-])c1cccc(C2C3CC=CC3c3cc(Br)cc4c3N2CC2CC=CC42)c1. The van der Waals surface area contributed by atoms with Gasteiger partial charge in [-0.3, -0.25) is 10.1 Å². The minimum atomic E-state index is -0.277. The van der Waals surface area contributed by atoms with Gasteiger partial charge >= 0.3 is 0 Å². The molecule has 2 aliphatic heterocycles. The number of halogens is 1. The van der Waals surface area contributed by atoms with Crippen molar-refractivity contribution in [1.82, 2.24) is 0 Å². The maximum atomic E-state index is 11.4. The maximum Gasteiger partial charge on any atom is 0.269 e. The molecule has 0 saturated carbocycles. The highest BCUT2D eigenvalue weighted by Gasteiger charge is 2.47. The maximum absolute atomic E-state index is 11.4. The van der Waals surface area contributed by atoms with Gasteiger partial charge < -0.3 is 4.90 Å². The lowest BCUT2D eigenvalue weighted by Gasteiger charge is -2.51. The highest BCUT2D eigenvalue weighted by atomic mass is 79.9. The van der Waals surface area contributed by atoms with E-state index >= 15 is 0 Å². The van der Waals surface area contributed by atoms with Crippen molar-refractivity contribution >= 4 is 27.3 Å². The molecule has 0 bridgehead atoms. The van der Waals surface area contributed by atoms with Crippen LogP contribution < -0.4 is 4.90 Å². The summed E-state index contributed by atoms with van der Waals surface area (Å²) in [4.78, 5) is 13.7. The van der Waals surface area contributed by atoms with Crippen molar-refractivity contribution in [3.05, 3.63) is 92.0 Å². The number of nitrogens with zero attached hydrogens (tertiary/aromatic N) is 2. The zero-order valence-corrected chi connectivity index (χ0v) is 17.5. The Labute approximate surface area is 178 Å². The van der Waals surface area contributed by atoms with Gasteiger partial charge in [0.2, 0.25) is 0 Å². The number of fused-ring (bicyclic) bond motifs is 4. The molecule has 29 heavy (non-hydrogen) atoms. The van der Waals surface area contributed by atoms with Crippen molar-refractivity contribution in [1.29, 1.82) is 0 Å². The molecular weight excluding hydrogens is 428 g/mol. The standard InChI is InChI=1S/C24H21BrN2O2/c25-16-11-21-18-7-2-5-15(18)13-26-23(14-4-1-6-17(10-14)27(28)29)20-9-3-8-19(20)22(12-16)24(21)26/h1-4,6-8,10-12,15,18-20,23H,5,9,13H2. The molecule has 2 aromatic carbocycles. The second kappa shape index (κ2) is 6.30. The molecule has 146 valence electrons. The minimum Gasteiger partial charge on any atom is -0.363 e. The van der Waals surface area contributed by atoms with Gasteiger partial charge in [0.1, 0.15) is 0 Å². The fourth-order valence-corrected chi connectivity index (χ4v) is 6.63. The van der Waals surface area contributed by atoms with Gasteiger partial charge in [-0.25, -0.2) is 0 Å². The molecule has 5 heteroatoms. The van der Waals surface area contributed by atoms with Gasteiger partial charge in [0.15, 0.2) is 0 Å². The molecule has 6 rings (SSSR count). The van der Waals surface area contributed by atoms with Crippen molar-refractivity contribution in [2.75, 3.05) is 11.4 Å². The van der Waals surface area contributed by atoms with Crippen molar-refractivity contribution in [3.8, 4) is 0 Å². The lowest BCUT2D eigenvalue weighted by atomic mass is 9.70. The Morgan fingerprint density at radius 1 is 1.03 bits per heavy atom. The Bertz CT molecular complexity index is 1080. The summed E-state index contributed by atoms with van der Waals surface area (Å²) in [5, 5.41) is 11.4. The number of nitro groups is 1. The van der Waals surface area contributed by atoms with Crippen molar-refractivity contribution in [2.24, 2.45) is 11.8 Å². The van der Waals surface area contributed by atoms with Gasteiger partial charge in [-0.05, 0) is 53.5 Å². The number of benzene rings is 2. The molecule has 0 fully saturated rings. The molecule has 4 aliphatic rings. The van der Waals surface area contributed by atoms with E-state index < -0.39 is 0 Å². The third-order valence-electron chi connectivity index (χ3n) is 7.24. The van der Waals surface area contributed by atoms with Crippen molar-refractivity contribution in [2.45, 2.75) is 30.7 Å². The first-order chi connectivity index (χ1) is 14.1. The summed E-state index contributed by atoms with van der Waals surface area (Å²) in [7, 11) is 0. The van der Waals surface area contributed by atoms with Gasteiger partial charge in [0.25, 0.3) is 5.69 Å². The van der Waals surface area contributed by atoms with Crippen molar-refractivity contribution in [3.63, 3.8) is 0 Å². The molecular formula is C24H21BrN2O2. The number of hydrogen-bond acceptors (Lipinski definition) is 3. The fourth-order valence-electron chi connectivity index (χ4n) is 6.14. The average Bonchev–Trinajstić information content (AvgIpc) is 3.37. The van der Waals surface area contributed by atoms with E-state index in [1.54, 1.807) is 12.1 Å². The summed E-state index contributed by atoms with van der Waals surface area (Å²) in [6.07, 6.45) is 11.5. The largest absolute Gasteiger partial charge is 0.363 e. The Morgan fingerprint density at radius 2 is 1.79 bits per heavy atom. The van der Waals surface area contributed by atoms with Crippen LogP contribution in [0.5, 0.6) is 0 Å². The summed E-state index contributed by atoms with van der Waals surface area (Å²) in [5.74, 6) is 1.84. The van der Waals surface area contributed by atoms with Crippen LogP contribution in [0.25, 0.3) is 0 Å². The van der Waals surface area contributed by atoms with Crippen LogP contribution >= 0.6 is 15.9 Å². The predicted molar refractivity (Wildman–Crippen MR) is 117 cm³/mol. The Morgan fingerprint density at radius 3 is 2.62 bits per heavy atom. The summed E-state index contributed by atoms with van der Waals surface area (Å²) in [6.45, 7) is 1.01. The van der Waals surface area contributed by atoms with Crippen LogP contribution in [0.3, 0.4) is 0 Å². The number of allylic oxidation sites excluding steroid dienone is 4. The fraction of sp³-hybridized carbons (Fsp3) is 0.333. The number of non-ortho nitro benzene ring substituents is 1. The van der Waals surface area contributed by atoms with Gasteiger partial charge in [-0.15, -0.1) is 0 Å². The Kier molecular flexibility index (Phi) is 3.79. The molecule has 0 amide bonds. The summed E-state index contributed by atoms with van der Waals surface area (Å²) in [6, 6.07) is 12.1. The van der Waals surface area contributed by atoms with Gasteiger partial charge in [-0.2, -0.15) is 0 Å². The van der Waals surface area contributed by atoms with Crippen LogP contribution in [0.1, 0.15) is 47.4 Å². The van der Waals surface area contributed by atoms with Gasteiger partial charge in [0.05, 0.1) is 11.0 Å². The van der Waals surface area contributed by atoms with Crippen LogP contribution in [0.4, 0.5) is 11.4 Å². The molecule has 0 N–H and O–H groups in total. The topological polar surface area (TPSA) is 46.4 Å². The van der Waals surface area contributed by atoms with E-state index in [2.05, 4.69) is 63.3 Å². The molecule has 5 atom stereocenters. The number of rotatable bonds is 2. The summed E-state index contributed by atoms with van der Waals surface area (Å²) >= 11 is 3.76. The summed E-state index contributed by atoms with van der Waals surface area (Å²) in [5.41, 5.74) is 5.44. The number of hydrogen-bond donors (Lipinski definition) is 0. The smallest absolute Gasteiger partial charge is 0.269 e. The van der Waals surface area contributed by atoms with E-state index in [1.807, 2.05) is 6.07 Å². The lowest BCUT2D eigenvalue weighted by molar-refractivity contribution is -0.384. The van der Waals surface area contributed by atoms with Crippen LogP contribution in [-0.4, -0.2) is 11.5 Å². The molecule has 2 heterocycles. The van der Waals surface area contributed by atoms with E-state index in [-0.39, 0.29) is 16.7 Å². The summed E-state index contributed by atoms with van der Waals surface area (Å²) < 4.78 is 1.15. The molecule has 2 aliphatic carbocycles. The second-order valence-corrected chi connectivity index (χ2v) is 9.60. The van der Waals surface area contributed by atoms with Gasteiger partial charge in [0, 0.05) is 40.7 Å². The molecule has 4 nitrogen and oxygen atoms in total. The third kappa shape index (κ3) is 2.49. The molecule has 0 saturated heterocycles. The Balaban J connectivity index is 1.57. The molecule has 0 radical (unpaired) electrons. The quantitative estimate of drug-likeness (QED) is 0.309. The molecule has 2 aromatic rings. The van der Waals surface area contributed by atoms with E-state index in [9.17, 15) is 10.1 Å². The zero-order chi connectivity index (χ0) is 19.7. The zero-order valence-electron chi connectivity index (χ0n) is 15.9. The average molecular weight is 449 g/mol. The van der Waals surface area contributed by atoms with Gasteiger partial charge in [-0.1, -0.05) is 52.4 Å². The normalized spacial score (nSPS) is 30.8. The van der Waals surface area contributed by atoms with Crippen LogP contribution in [-0.2, 0) is 0 Å². The lowest BCUT2D eigenvalue weighted by Crippen LogP contribution is -2.46. The van der Waals surface area contributed by atoms with E-state index in [1.165, 1.54) is 16.8 Å².